The summed E-state index contributed by atoms with van der Waals surface area (Å²) >= 11 is 0. The predicted molar refractivity (Wildman–Crippen MR) is 70.3 cm³/mol. The summed E-state index contributed by atoms with van der Waals surface area (Å²) in [5, 5.41) is 20.6. The summed E-state index contributed by atoms with van der Waals surface area (Å²) in [5.41, 5.74) is 1.75. The van der Waals surface area contributed by atoms with Crippen LogP contribution >= 0.6 is 0 Å². The molecule has 3 heteroatoms. The lowest BCUT2D eigenvalue weighted by atomic mass is 9.85. The van der Waals surface area contributed by atoms with E-state index < -0.39 is 12.2 Å². The molecule has 4 unspecified atom stereocenters. The van der Waals surface area contributed by atoms with Gasteiger partial charge in [-0.05, 0) is 30.7 Å². The van der Waals surface area contributed by atoms with Gasteiger partial charge >= 0.3 is 0 Å². The Kier molecular flexibility index (Phi) is 4.13. The summed E-state index contributed by atoms with van der Waals surface area (Å²) in [6.07, 6.45) is 4.23. The highest BCUT2D eigenvalue weighted by Crippen LogP contribution is 2.34. The van der Waals surface area contributed by atoms with Crippen LogP contribution in [-0.2, 0) is 6.42 Å². The summed E-state index contributed by atoms with van der Waals surface area (Å²) < 4.78 is 5.57. The topological polar surface area (TPSA) is 53.6 Å². The van der Waals surface area contributed by atoms with Crippen LogP contribution in [0.1, 0.15) is 56.1 Å². The first-order valence-corrected chi connectivity index (χ1v) is 6.93. The molecule has 1 aliphatic carbocycles. The van der Waals surface area contributed by atoms with Crippen molar-refractivity contribution in [2.45, 2.75) is 58.7 Å². The molecule has 1 aromatic rings. The maximum absolute atomic E-state index is 10.4. The van der Waals surface area contributed by atoms with Crippen molar-refractivity contribution in [3.63, 3.8) is 0 Å². The molecule has 1 heterocycles. The number of hydrogen-bond acceptors (Lipinski definition) is 3. The molecule has 0 spiro atoms. The van der Waals surface area contributed by atoms with Crippen molar-refractivity contribution in [1.29, 1.82) is 0 Å². The van der Waals surface area contributed by atoms with E-state index in [0.717, 1.165) is 42.6 Å². The standard InChI is InChI=1S/C15H24O3/c1-9-5-4-6-10(2)14(16)15(17)13-11(3)8-18-12(13)7-9/h8-10,14-17H,4-7H2,1-3H3. The first kappa shape index (κ1) is 13.6. The molecule has 0 saturated carbocycles. The van der Waals surface area contributed by atoms with Crippen LogP contribution < -0.4 is 0 Å². The van der Waals surface area contributed by atoms with E-state index in [-0.39, 0.29) is 5.92 Å². The van der Waals surface area contributed by atoms with Crippen LogP contribution in [-0.4, -0.2) is 16.3 Å². The van der Waals surface area contributed by atoms with Crippen molar-refractivity contribution in [3.05, 3.63) is 23.2 Å². The van der Waals surface area contributed by atoms with Crippen LogP contribution in [0, 0.1) is 18.8 Å². The molecule has 0 saturated heterocycles. The van der Waals surface area contributed by atoms with Gasteiger partial charge in [0.2, 0.25) is 0 Å². The van der Waals surface area contributed by atoms with Crippen LogP contribution in [0.25, 0.3) is 0 Å². The summed E-state index contributed by atoms with van der Waals surface area (Å²) in [5.74, 6) is 1.53. The molecule has 0 aromatic carbocycles. The Labute approximate surface area is 109 Å². The van der Waals surface area contributed by atoms with Crippen LogP contribution in [0.2, 0.25) is 0 Å². The van der Waals surface area contributed by atoms with Gasteiger partial charge in [-0.1, -0.05) is 26.7 Å². The average Bonchev–Trinajstić information content (AvgIpc) is 2.67. The first-order chi connectivity index (χ1) is 8.50. The third-order valence-corrected chi connectivity index (χ3v) is 4.20. The van der Waals surface area contributed by atoms with Gasteiger partial charge in [0.25, 0.3) is 0 Å². The molecule has 0 amide bonds. The van der Waals surface area contributed by atoms with Crippen molar-refractivity contribution >= 4 is 0 Å². The fourth-order valence-corrected chi connectivity index (χ4v) is 2.92. The van der Waals surface area contributed by atoms with E-state index in [0.29, 0.717) is 5.92 Å². The minimum Gasteiger partial charge on any atom is -0.469 e. The second-order valence-electron chi connectivity index (χ2n) is 5.91. The van der Waals surface area contributed by atoms with E-state index in [1.807, 2.05) is 13.8 Å². The van der Waals surface area contributed by atoms with Gasteiger partial charge in [0.05, 0.1) is 12.4 Å². The molecule has 3 nitrogen and oxygen atoms in total. The zero-order chi connectivity index (χ0) is 13.3. The maximum atomic E-state index is 10.4. The third kappa shape index (κ3) is 2.62. The smallest absolute Gasteiger partial charge is 0.110 e. The Balaban J connectivity index is 2.35. The molecule has 4 atom stereocenters. The molecule has 1 aromatic heterocycles. The van der Waals surface area contributed by atoms with Gasteiger partial charge in [0.15, 0.2) is 0 Å². The van der Waals surface area contributed by atoms with Crippen molar-refractivity contribution in [2.75, 3.05) is 0 Å². The Hall–Kier alpha value is -0.800. The van der Waals surface area contributed by atoms with Crippen LogP contribution in [0.3, 0.4) is 0 Å². The van der Waals surface area contributed by atoms with E-state index in [9.17, 15) is 10.2 Å². The second kappa shape index (κ2) is 5.45. The van der Waals surface area contributed by atoms with Gasteiger partial charge in [-0.3, -0.25) is 0 Å². The number of fused-ring (bicyclic) bond motifs is 1. The van der Waals surface area contributed by atoms with E-state index in [1.54, 1.807) is 6.26 Å². The zero-order valence-corrected chi connectivity index (χ0v) is 11.5. The monoisotopic (exact) mass is 252 g/mol. The molecule has 1 aliphatic rings. The quantitative estimate of drug-likeness (QED) is 0.746. The van der Waals surface area contributed by atoms with Crippen LogP contribution in [0.5, 0.6) is 0 Å². The Morgan fingerprint density at radius 2 is 1.94 bits per heavy atom. The Morgan fingerprint density at radius 1 is 1.22 bits per heavy atom. The molecule has 0 bridgehead atoms. The van der Waals surface area contributed by atoms with Crippen molar-refractivity contribution in [1.82, 2.24) is 0 Å². The third-order valence-electron chi connectivity index (χ3n) is 4.20. The maximum Gasteiger partial charge on any atom is 0.110 e. The number of aryl methyl sites for hydroxylation is 1. The minimum absolute atomic E-state index is 0.118. The van der Waals surface area contributed by atoms with Gasteiger partial charge in [0, 0.05) is 12.0 Å². The molecule has 18 heavy (non-hydrogen) atoms. The van der Waals surface area contributed by atoms with Gasteiger partial charge in [-0.25, -0.2) is 0 Å². The fraction of sp³-hybridized carbons (Fsp3) is 0.733. The van der Waals surface area contributed by atoms with Gasteiger partial charge in [0.1, 0.15) is 11.9 Å². The fourth-order valence-electron chi connectivity index (χ4n) is 2.92. The number of furan rings is 1. The predicted octanol–water partition coefficient (Wildman–Crippen LogP) is 2.98. The SMILES string of the molecule is Cc1coc2c1C(O)C(O)C(C)CCCC(C)C2. The largest absolute Gasteiger partial charge is 0.469 e. The van der Waals surface area contributed by atoms with Gasteiger partial charge < -0.3 is 14.6 Å². The van der Waals surface area contributed by atoms with Crippen molar-refractivity contribution in [3.8, 4) is 0 Å². The van der Waals surface area contributed by atoms with E-state index >= 15 is 0 Å². The number of rotatable bonds is 0. The van der Waals surface area contributed by atoms with Crippen LogP contribution in [0.4, 0.5) is 0 Å². The highest BCUT2D eigenvalue weighted by molar-refractivity contribution is 5.30. The molecular formula is C15H24O3. The van der Waals surface area contributed by atoms with E-state index in [1.165, 1.54) is 0 Å². The number of hydrogen-bond donors (Lipinski definition) is 2. The Morgan fingerprint density at radius 3 is 2.67 bits per heavy atom. The highest BCUT2D eigenvalue weighted by Gasteiger charge is 2.30. The normalized spacial score (nSPS) is 34.1. The van der Waals surface area contributed by atoms with Gasteiger partial charge in [-0.15, -0.1) is 0 Å². The summed E-state index contributed by atoms with van der Waals surface area (Å²) in [6.45, 7) is 6.16. The van der Waals surface area contributed by atoms with Crippen molar-refractivity contribution in [2.24, 2.45) is 11.8 Å². The molecule has 2 rings (SSSR count). The van der Waals surface area contributed by atoms with E-state index in [2.05, 4.69) is 6.92 Å². The summed E-state index contributed by atoms with van der Waals surface area (Å²) in [7, 11) is 0. The molecule has 0 radical (unpaired) electrons. The lowest BCUT2D eigenvalue weighted by Crippen LogP contribution is -2.27. The molecule has 0 aliphatic heterocycles. The highest BCUT2D eigenvalue weighted by atomic mass is 16.3. The Bertz CT molecular complexity index is 396. The molecule has 0 fully saturated rings. The lowest BCUT2D eigenvalue weighted by Gasteiger charge is -2.26. The second-order valence-corrected chi connectivity index (χ2v) is 5.91. The zero-order valence-electron chi connectivity index (χ0n) is 11.5. The van der Waals surface area contributed by atoms with Crippen molar-refractivity contribution < 1.29 is 14.6 Å². The summed E-state index contributed by atoms with van der Waals surface area (Å²) in [4.78, 5) is 0. The lowest BCUT2D eigenvalue weighted by molar-refractivity contribution is -0.0188. The first-order valence-electron chi connectivity index (χ1n) is 6.93. The van der Waals surface area contributed by atoms with E-state index in [4.69, 9.17) is 4.42 Å². The minimum atomic E-state index is -0.820. The van der Waals surface area contributed by atoms with Crippen LogP contribution in [0.15, 0.2) is 10.7 Å². The number of aliphatic hydroxyl groups excluding tert-OH is 2. The number of aliphatic hydroxyl groups is 2. The molecular weight excluding hydrogens is 228 g/mol. The summed E-state index contributed by atoms with van der Waals surface area (Å²) in [6, 6.07) is 0. The average molecular weight is 252 g/mol. The molecule has 2 N–H and O–H groups in total. The van der Waals surface area contributed by atoms with Gasteiger partial charge in [-0.2, -0.15) is 0 Å². The molecule has 102 valence electrons.